The fraction of sp³-hybridized carbons (Fsp3) is 0.667. The first-order chi connectivity index (χ1) is 8.02. The van der Waals surface area contributed by atoms with Crippen LogP contribution in [0.25, 0.3) is 0 Å². The molecule has 1 aromatic heterocycles. The Morgan fingerprint density at radius 1 is 1.65 bits per heavy atom. The molecule has 17 heavy (non-hydrogen) atoms. The number of anilines is 1. The first-order valence-electron chi connectivity index (χ1n) is 6.06. The Labute approximate surface area is 101 Å². The number of aromatic nitrogens is 2. The van der Waals surface area contributed by atoms with Crippen LogP contribution < -0.4 is 11.1 Å². The van der Waals surface area contributed by atoms with Gasteiger partial charge < -0.3 is 11.1 Å². The largest absolute Gasteiger partial charge is 0.396 e. The standard InChI is InChI=1S/C12H20N4O/c1-9(2)12(3-4-12)8-14-11(17)7-16-6-10(13)5-15-16/h5-6,9H,3-4,7-8,13H2,1-2H3,(H,14,17). The fourth-order valence-corrected chi connectivity index (χ4v) is 2.06. The summed E-state index contributed by atoms with van der Waals surface area (Å²) in [5.41, 5.74) is 6.46. The van der Waals surface area contributed by atoms with Gasteiger partial charge in [-0.25, -0.2) is 0 Å². The highest BCUT2D eigenvalue weighted by Gasteiger charge is 2.45. The normalized spacial score (nSPS) is 17.1. The average Bonchev–Trinajstić information content (AvgIpc) is 2.96. The van der Waals surface area contributed by atoms with Gasteiger partial charge in [-0.05, 0) is 24.2 Å². The third-order valence-corrected chi connectivity index (χ3v) is 3.71. The molecule has 1 amide bonds. The summed E-state index contributed by atoms with van der Waals surface area (Å²) in [6, 6.07) is 0. The number of amides is 1. The minimum atomic E-state index is 0.0000231. The molecule has 2 rings (SSSR count). The molecule has 1 aliphatic carbocycles. The molecular formula is C12H20N4O. The van der Waals surface area contributed by atoms with E-state index in [0.717, 1.165) is 6.54 Å². The van der Waals surface area contributed by atoms with Crippen LogP contribution in [0.1, 0.15) is 26.7 Å². The van der Waals surface area contributed by atoms with Crippen molar-refractivity contribution < 1.29 is 4.79 Å². The molecule has 0 spiro atoms. The van der Waals surface area contributed by atoms with Gasteiger partial charge in [-0.15, -0.1) is 0 Å². The molecule has 0 radical (unpaired) electrons. The summed E-state index contributed by atoms with van der Waals surface area (Å²) < 4.78 is 1.56. The van der Waals surface area contributed by atoms with Gasteiger partial charge in [0.1, 0.15) is 6.54 Å². The molecule has 0 saturated heterocycles. The Morgan fingerprint density at radius 2 is 2.35 bits per heavy atom. The van der Waals surface area contributed by atoms with Crippen LogP contribution >= 0.6 is 0 Å². The molecule has 0 aromatic carbocycles. The Morgan fingerprint density at radius 3 is 2.82 bits per heavy atom. The zero-order valence-electron chi connectivity index (χ0n) is 10.4. The van der Waals surface area contributed by atoms with Crippen LogP contribution in [0.15, 0.2) is 12.4 Å². The Bertz CT molecular complexity index is 406. The molecule has 3 N–H and O–H groups in total. The number of nitrogens with two attached hydrogens (primary N) is 1. The highest BCUT2D eigenvalue weighted by Crippen LogP contribution is 2.51. The van der Waals surface area contributed by atoms with Crippen LogP contribution in [0.2, 0.25) is 0 Å². The number of hydrogen-bond acceptors (Lipinski definition) is 3. The summed E-state index contributed by atoms with van der Waals surface area (Å²) in [6.07, 6.45) is 5.65. The molecule has 0 atom stereocenters. The van der Waals surface area contributed by atoms with E-state index in [1.807, 2.05) is 0 Å². The van der Waals surface area contributed by atoms with E-state index in [9.17, 15) is 4.79 Å². The van der Waals surface area contributed by atoms with Crippen molar-refractivity contribution >= 4 is 11.6 Å². The number of nitrogens with zero attached hydrogens (tertiary/aromatic N) is 2. The van der Waals surface area contributed by atoms with Crippen LogP contribution in [0.4, 0.5) is 5.69 Å². The molecule has 1 saturated carbocycles. The summed E-state index contributed by atoms with van der Waals surface area (Å²) in [5.74, 6) is 0.628. The smallest absolute Gasteiger partial charge is 0.241 e. The van der Waals surface area contributed by atoms with Crippen molar-refractivity contribution in [1.29, 1.82) is 0 Å². The van der Waals surface area contributed by atoms with Crippen LogP contribution in [-0.2, 0) is 11.3 Å². The second kappa shape index (κ2) is 4.39. The van der Waals surface area contributed by atoms with E-state index in [2.05, 4.69) is 24.3 Å². The molecule has 0 bridgehead atoms. The Balaban J connectivity index is 1.78. The average molecular weight is 236 g/mol. The van der Waals surface area contributed by atoms with Crippen molar-refractivity contribution in [2.45, 2.75) is 33.2 Å². The zero-order chi connectivity index (χ0) is 12.5. The number of nitrogens with one attached hydrogen (secondary N) is 1. The van der Waals surface area contributed by atoms with E-state index >= 15 is 0 Å². The molecule has 5 nitrogen and oxygen atoms in total. The van der Waals surface area contributed by atoms with Crippen LogP contribution in [0, 0.1) is 11.3 Å². The molecule has 0 unspecified atom stereocenters. The molecular weight excluding hydrogens is 216 g/mol. The number of rotatable bonds is 5. The van der Waals surface area contributed by atoms with Gasteiger partial charge in [-0.3, -0.25) is 9.48 Å². The van der Waals surface area contributed by atoms with E-state index < -0.39 is 0 Å². The first kappa shape index (κ1) is 12.0. The van der Waals surface area contributed by atoms with Crippen molar-refractivity contribution in [2.75, 3.05) is 12.3 Å². The first-order valence-corrected chi connectivity index (χ1v) is 6.06. The van der Waals surface area contributed by atoms with Gasteiger partial charge in [-0.2, -0.15) is 5.10 Å². The number of carbonyl (C=O) groups is 1. The van der Waals surface area contributed by atoms with Crippen LogP contribution in [0.3, 0.4) is 0 Å². The number of hydrogen-bond donors (Lipinski definition) is 2. The second-order valence-electron chi connectivity index (χ2n) is 5.27. The van der Waals surface area contributed by atoms with Gasteiger partial charge in [0, 0.05) is 12.7 Å². The zero-order valence-corrected chi connectivity index (χ0v) is 10.4. The molecule has 5 heteroatoms. The maximum atomic E-state index is 11.7. The van der Waals surface area contributed by atoms with Crippen molar-refractivity contribution in [3.05, 3.63) is 12.4 Å². The minimum absolute atomic E-state index is 0.0000231. The lowest BCUT2D eigenvalue weighted by Crippen LogP contribution is -2.34. The summed E-state index contributed by atoms with van der Waals surface area (Å²) in [6.45, 7) is 5.45. The van der Waals surface area contributed by atoms with E-state index in [0.29, 0.717) is 17.0 Å². The molecule has 1 fully saturated rings. The molecule has 1 heterocycles. The lowest BCUT2D eigenvalue weighted by Gasteiger charge is -2.19. The van der Waals surface area contributed by atoms with Crippen molar-refractivity contribution in [3.63, 3.8) is 0 Å². The number of carbonyl (C=O) groups excluding carboxylic acids is 1. The molecule has 0 aliphatic heterocycles. The van der Waals surface area contributed by atoms with Gasteiger partial charge >= 0.3 is 0 Å². The maximum absolute atomic E-state index is 11.7. The topological polar surface area (TPSA) is 72.9 Å². The van der Waals surface area contributed by atoms with Gasteiger partial charge in [0.2, 0.25) is 5.91 Å². The van der Waals surface area contributed by atoms with Crippen molar-refractivity contribution in [3.8, 4) is 0 Å². The summed E-state index contributed by atoms with van der Waals surface area (Å²) in [5, 5.41) is 6.97. The van der Waals surface area contributed by atoms with Crippen LogP contribution in [-0.4, -0.2) is 22.2 Å². The fourth-order valence-electron chi connectivity index (χ4n) is 2.06. The highest BCUT2D eigenvalue weighted by atomic mass is 16.2. The van der Waals surface area contributed by atoms with Gasteiger partial charge in [-0.1, -0.05) is 13.8 Å². The Hall–Kier alpha value is -1.52. The van der Waals surface area contributed by atoms with Crippen molar-refractivity contribution in [1.82, 2.24) is 15.1 Å². The highest BCUT2D eigenvalue weighted by molar-refractivity contribution is 5.75. The maximum Gasteiger partial charge on any atom is 0.241 e. The third-order valence-electron chi connectivity index (χ3n) is 3.71. The van der Waals surface area contributed by atoms with E-state index in [1.54, 1.807) is 17.1 Å². The monoisotopic (exact) mass is 236 g/mol. The van der Waals surface area contributed by atoms with E-state index in [-0.39, 0.29) is 12.5 Å². The van der Waals surface area contributed by atoms with Crippen molar-refractivity contribution in [2.24, 2.45) is 11.3 Å². The third kappa shape index (κ3) is 2.78. The number of nitrogen functional groups attached to an aromatic ring is 1. The van der Waals surface area contributed by atoms with E-state index in [1.165, 1.54) is 12.8 Å². The van der Waals surface area contributed by atoms with Crippen LogP contribution in [0.5, 0.6) is 0 Å². The van der Waals surface area contributed by atoms with Gasteiger partial charge in [0.15, 0.2) is 0 Å². The molecule has 1 aromatic rings. The summed E-state index contributed by atoms with van der Waals surface area (Å²) >= 11 is 0. The molecule has 94 valence electrons. The summed E-state index contributed by atoms with van der Waals surface area (Å²) in [7, 11) is 0. The summed E-state index contributed by atoms with van der Waals surface area (Å²) in [4.78, 5) is 11.7. The predicted molar refractivity (Wildman–Crippen MR) is 66.2 cm³/mol. The minimum Gasteiger partial charge on any atom is -0.396 e. The molecule has 1 aliphatic rings. The SMILES string of the molecule is CC(C)C1(CNC(=O)Cn2cc(N)cn2)CC1. The Kier molecular flexibility index (Phi) is 3.09. The predicted octanol–water partition coefficient (Wildman–Crippen LogP) is 1.02. The van der Waals surface area contributed by atoms with E-state index in [4.69, 9.17) is 5.73 Å². The second-order valence-corrected chi connectivity index (χ2v) is 5.27. The van der Waals surface area contributed by atoms with Gasteiger partial charge in [0.05, 0.1) is 11.9 Å². The lowest BCUT2D eigenvalue weighted by atomic mass is 9.92. The quantitative estimate of drug-likeness (QED) is 0.801. The van der Waals surface area contributed by atoms with Gasteiger partial charge in [0.25, 0.3) is 0 Å². The lowest BCUT2D eigenvalue weighted by molar-refractivity contribution is -0.122.